The minimum atomic E-state index is -4.50. The maximum atomic E-state index is 13.7. The fourth-order valence-corrected chi connectivity index (χ4v) is 5.00. The third kappa shape index (κ3) is 8.00. The third-order valence-corrected chi connectivity index (χ3v) is 7.51. The summed E-state index contributed by atoms with van der Waals surface area (Å²) in [7, 11) is 3.57. The van der Waals surface area contributed by atoms with E-state index in [-0.39, 0.29) is 41.1 Å². The number of likely N-dealkylation sites (N-methyl/N-ethyl adjacent to an activating group) is 1. The van der Waals surface area contributed by atoms with Crippen molar-refractivity contribution in [3.8, 4) is 11.5 Å². The van der Waals surface area contributed by atoms with E-state index < -0.39 is 29.9 Å². The molecule has 4 rings (SSSR count). The maximum absolute atomic E-state index is 13.7. The molecular weight excluding hydrogens is 577 g/mol. The van der Waals surface area contributed by atoms with E-state index in [0.717, 1.165) is 35.6 Å². The second kappa shape index (κ2) is 14.0. The number of hydrogen-bond acceptors (Lipinski definition) is 6. The van der Waals surface area contributed by atoms with Gasteiger partial charge in [-0.1, -0.05) is 25.1 Å². The number of urea groups is 1. The van der Waals surface area contributed by atoms with Gasteiger partial charge < -0.3 is 30.1 Å². The molecule has 44 heavy (non-hydrogen) atoms. The largest absolute Gasteiger partial charge is 0.497 e. The quantitative estimate of drug-likeness (QED) is 0.285. The molecule has 1 aliphatic rings. The maximum Gasteiger partial charge on any atom is 0.416 e. The molecule has 0 fully saturated rings. The van der Waals surface area contributed by atoms with Crippen molar-refractivity contribution in [2.45, 2.75) is 38.7 Å². The lowest BCUT2D eigenvalue weighted by atomic mass is 9.99. The molecule has 0 unspecified atom stereocenters. The number of ether oxygens (including phenoxy) is 2. The Hall–Kier alpha value is -4.29. The average molecular weight is 615 g/mol. The third-order valence-electron chi connectivity index (χ3n) is 7.51. The van der Waals surface area contributed by atoms with Crippen LogP contribution in [0.2, 0.25) is 0 Å². The van der Waals surface area contributed by atoms with Crippen molar-refractivity contribution < 1.29 is 37.3 Å². The SMILES string of the molecule is COc1ccc(CN(C)C[C@H]2Oc3c(NC(=O)Nc4ccc(C(F)(F)F)cc4)cccc3C(=O)N([C@H](C)CO)C[C@@H]2C)cc1. The molecule has 0 saturated heterocycles. The molecular formula is C32H37F3N4O5. The Bertz CT molecular complexity index is 1430. The van der Waals surface area contributed by atoms with Crippen LogP contribution in [0.15, 0.2) is 66.7 Å². The second-order valence-corrected chi connectivity index (χ2v) is 11.0. The van der Waals surface area contributed by atoms with E-state index >= 15 is 0 Å². The number of nitrogens with zero attached hydrogens (tertiary/aromatic N) is 2. The van der Waals surface area contributed by atoms with Gasteiger partial charge in [-0.3, -0.25) is 9.69 Å². The molecule has 3 amide bonds. The summed E-state index contributed by atoms with van der Waals surface area (Å²) >= 11 is 0. The first-order valence-electron chi connectivity index (χ1n) is 14.2. The Kier molecular flexibility index (Phi) is 10.4. The van der Waals surface area contributed by atoms with Crippen LogP contribution in [0.4, 0.5) is 29.3 Å². The van der Waals surface area contributed by atoms with E-state index in [2.05, 4.69) is 15.5 Å². The van der Waals surface area contributed by atoms with Crippen molar-refractivity contribution in [1.29, 1.82) is 0 Å². The summed E-state index contributed by atoms with van der Waals surface area (Å²) < 4.78 is 50.6. The van der Waals surface area contributed by atoms with E-state index in [1.807, 2.05) is 38.2 Å². The van der Waals surface area contributed by atoms with Crippen molar-refractivity contribution >= 4 is 23.3 Å². The van der Waals surface area contributed by atoms with Crippen LogP contribution in [-0.2, 0) is 12.7 Å². The fraction of sp³-hybridized carbons (Fsp3) is 0.375. The molecule has 1 heterocycles. The lowest BCUT2D eigenvalue weighted by Crippen LogP contribution is -2.49. The number of nitrogens with one attached hydrogen (secondary N) is 2. The number of aliphatic hydroxyl groups is 1. The molecule has 0 aliphatic carbocycles. The summed E-state index contributed by atoms with van der Waals surface area (Å²) in [4.78, 5) is 30.3. The minimum Gasteiger partial charge on any atom is -0.497 e. The van der Waals surface area contributed by atoms with Crippen molar-refractivity contribution in [3.05, 3.63) is 83.4 Å². The van der Waals surface area contributed by atoms with Gasteiger partial charge in [-0.2, -0.15) is 13.2 Å². The van der Waals surface area contributed by atoms with Gasteiger partial charge in [-0.25, -0.2) is 4.79 Å². The molecule has 3 aromatic carbocycles. The highest BCUT2D eigenvalue weighted by Crippen LogP contribution is 2.35. The first kappa shape index (κ1) is 32.6. The van der Waals surface area contributed by atoms with Gasteiger partial charge in [0.15, 0.2) is 5.75 Å². The predicted molar refractivity (Wildman–Crippen MR) is 161 cm³/mol. The van der Waals surface area contributed by atoms with Gasteiger partial charge in [0.05, 0.1) is 36.6 Å². The van der Waals surface area contributed by atoms with Crippen LogP contribution in [0.25, 0.3) is 0 Å². The van der Waals surface area contributed by atoms with Gasteiger partial charge in [-0.15, -0.1) is 0 Å². The lowest BCUT2D eigenvalue weighted by molar-refractivity contribution is -0.137. The number of fused-ring (bicyclic) bond motifs is 1. The Labute approximate surface area is 254 Å². The number of rotatable bonds is 9. The number of anilines is 2. The molecule has 0 saturated carbocycles. The first-order chi connectivity index (χ1) is 20.9. The van der Waals surface area contributed by atoms with E-state index in [0.29, 0.717) is 19.6 Å². The second-order valence-electron chi connectivity index (χ2n) is 11.0. The molecule has 9 nitrogen and oxygen atoms in total. The molecule has 1 aliphatic heterocycles. The molecule has 0 bridgehead atoms. The van der Waals surface area contributed by atoms with Crippen molar-refractivity contribution in [3.63, 3.8) is 0 Å². The fourth-order valence-electron chi connectivity index (χ4n) is 5.00. The summed E-state index contributed by atoms with van der Waals surface area (Å²) in [5.41, 5.74) is 0.820. The predicted octanol–water partition coefficient (Wildman–Crippen LogP) is 5.71. The van der Waals surface area contributed by atoms with Gasteiger partial charge in [0.1, 0.15) is 11.9 Å². The highest BCUT2D eigenvalue weighted by molar-refractivity contribution is 6.04. The normalized spacial score (nSPS) is 17.7. The summed E-state index contributed by atoms with van der Waals surface area (Å²) in [6.07, 6.45) is -4.91. The van der Waals surface area contributed by atoms with E-state index in [1.165, 1.54) is 0 Å². The molecule has 3 aromatic rings. The zero-order chi connectivity index (χ0) is 32.0. The lowest BCUT2D eigenvalue weighted by Gasteiger charge is -2.38. The van der Waals surface area contributed by atoms with Crippen LogP contribution in [0.1, 0.15) is 35.3 Å². The molecule has 3 N–H and O–H groups in total. The van der Waals surface area contributed by atoms with E-state index in [9.17, 15) is 27.9 Å². The van der Waals surface area contributed by atoms with Gasteiger partial charge in [-0.05, 0) is 68.1 Å². The number of hydrogen-bond donors (Lipinski definition) is 3. The number of aliphatic hydroxyl groups excluding tert-OH is 1. The molecule has 0 spiro atoms. The summed E-state index contributed by atoms with van der Waals surface area (Å²) in [6, 6.07) is 15.4. The van der Waals surface area contributed by atoms with Crippen molar-refractivity contribution in [1.82, 2.24) is 9.80 Å². The summed E-state index contributed by atoms with van der Waals surface area (Å²) in [6.45, 7) is 4.94. The number of methoxy groups -OCH3 is 1. The Balaban J connectivity index is 1.59. The van der Waals surface area contributed by atoms with Crippen LogP contribution in [0.3, 0.4) is 0 Å². The van der Waals surface area contributed by atoms with Crippen LogP contribution in [0.5, 0.6) is 11.5 Å². The van der Waals surface area contributed by atoms with E-state index in [1.54, 1.807) is 37.1 Å². The number of halogens is 3. The van der Waals surface area contributed by atoms with Crippen LogP contribution < -0.4 is 20.1 Å². The Morgan fingerprint density at radius 1 is 1.11 bits per heavy atom. The monoisotopic (exact) mass is 614 g/mol. The number of para-hydroxylation sites is 1. The molecule has 236 valence electrons. The van der Waals surface area contributed by atoms with Gasteiger partial charge in [0.25, 0.3) is 5.91 Å². The summed E-state index contributed by atoms with van der Waals surface area (Å²) in [5, 5.41) is 15.1. The minimum absolute atomic E-state index is 0.154. The zero-order valence-electron chi connectivity index (χ0n) is 25.0. The van der Waals surface area contributed by atoms with Crippen LogP contribution >= 0.6 is 0 Å². The van der Waals surface area contributed by atoms with E-state index in [4.69, 9.17) is 9.47 Å². The van der Waals surface area contributed by atoms with Crippen LogP contribution in [-0.4, -0.2) is 72.8 Å². The van der Waals surface area contributed by atoms with Crippen molar-refractivity contribution in [2.75, 3.05) is 44.5 Å². The topological polar surface area (TPSA) is 103 Å². The Morgan fingerprint density at radius 2 is 1.80 bits per heavy atom. The number of benzene rings is 3. The molecule has 0 aromatic heterocycles. The highest BCUT2D eigenvalue weighted by atomic mass is 19.4. The molecule has 12 heteroatoms. The van der Waals surface area contributed by atoms with Gasteiger partial charge in [0.2, 0.25) is 0 Å². The molecule has 3 atom stereocenters. The number of alkyl halides is 3. The summed E-state index contributed by atoms with van der Waals surface area (Å²) in [5.74, 6) is 0.415. The molecule has 0 radical (unpaired) electrons. The first-order valence-corrected chi connectivity index (χ1v) is 14.2. The van der Waals surface area contributed by atoms with Gasteiger partial charge >= 0.3 is 12.2 Å². The van der Waals surface area contributed by atoms with Crippen molar-refractivity contribution in [2.24, 2.45) is 5.92 Å². The zero-order valence-corrected chi connectivity index (χ0v) is 25.0. The van der Waals surface area contributed by atoms with Gasteiger partial charge in [0, 0.05) is 31.2 Å². The highest BCUT2D eigenvalue weighted by Gasteiger charge is 2.35. The standard InChI is InChI=1S/C32H37F3N4O5/c1-20-16-39(21(2)19-40)30(41)26-6-5-7-27(37-31(42)36-24-12-10-23(11-13-24)32(33,34)35)29(26)44-28(20)18-38(3)17-22-8-14-25(43-4)15-9-22/h5-15,20-21,28,40H,16-19H2,1-4H3,(H2,36,37,42)/t20-,21+,28+/m0/s1. The number of amides is 3. The average Bonchev–Trinajstić information content (AvgIpc) is 2.99. The van der Waals surface area contributed by atoms with Crippen LogP contribution in [0, 0.1) is 5.92 Å². The smallest absolute Gasteiger partial charge is 0.416 e. The number of carbonyl (C=O) groups excluding carboxylic acids is 2. The Morgan fingerprint density at radius 3 is 2.41 bits per heavy atom. The number of carbonyl (C=O) groups is 2.